The van der Waals surface area contributed by atoms with Gasteiger partial charge in [-0.05, 0) is 19.4 Å². The van der Waals surface area contributed by atoms with Crippen LogP contribution in [-0.2, 0) is 6.54 Å². The zero-order chi connectivity index (χ0) is 12.7. The largest absolute Gasteiger partial charge is 0.439 e. The molecule has 2 aromatic heterocycles. The van der Waals surface area contributed by atoms with E-state index in [2.05, 4.69) is 35.1 Å². The number of oxazole rings is 1. The molecule has 1 aromatic carbocycles. The highest BCUT2D eigenvalue weighted by Crippen LogP contribution is 2.33. The van der Waals surface area contributed by atoms with E-state index < -0.39 is 0 Å². The lowest BCUT2D eigenvalue weighted by molar-refractivity contribution is 0.510. The minimum atomic E-state index is 0.320. The van der Waals surface area contributed by atoms with Crippen LogP contribution in [0.15, 0.2) is 28.8 Å². The molecule has 0 aliphatic carbocycles. The molecule has 18 heavy (non-hydrogen) atoms. The highest BCUT2D eigenvalue weighted by Gasteiger charge is 2.15. The third kappa shape index (κ3) is 1.54. The van der Waals surface area contributed by atoms with Crippen LogP contribution in [0.4, 0.5) is 0 Å². The van der Waals surface area contributed by atoms with Crippen LogP contribution < -0.4 is 5.73 Å². The van der Waals surface area contributed by atoms with E-state index in [0.29, 0.717) is 12.4 Å². The smallest absolute Gasteiger partial charge is 0.208 e. The number of H-pyrrole nitrogens is 1. The van der Waals surface area contributed by atoms with Crippen molar-refractivity contribution in [3.8, 4) is 11.3 Å². The van der Waals surface area contributed by atoms with E-state index in [0.717, 1.165) is 27.9 Å². The number of fused-ring (bicyclic) bond motifs is 1. The quantitative estimate of drug-likeness (QED) is 0.724. The van der Waals surface area contributed by atoms with Gasteiger partial charge < -0.3 is 15.1 Å². The molecular weight excluding hydrogens is 226 g/mol. The van der Waals surface area contributed by atoms with Gasteiger partial charge in [0.25, 0.3) is 0 Å². The molecule has 4 heteroatoms. The lowest BCUT2D eigenvalue weighted by Gasteiger charge is -1.97. The van der Waals surface area contributed by atoms with Gasteiger partial charge in [0.05, 0.1) is 12.7 Å². The Balaban J connectivity index is 2.28. The van der Waals surface area contributed by atoms with Gasteiger partial charge in [0.1, 0.15) is 0 Å². The summed E-state index contributed by atoms with van der Waals surface area (Å²) in [5.74, 6) is 1.33. The molecule has 3 aromatic rings. The first-order valence-electron chi connectivity index (χ1n) is 5.93. The van der Waals surface area contributed by atoms with E-state index in [-0.39, 0.29) is 0 Å². The Morgan fingerprint density at radius 2 is 2.17 bits per heavy atom. The topological polar surface area (TPSA) is 67.8 Å². The number of hydrogen-bond donors (Lipinski definition) is 2. The van der Waals surface area contributed by atoms with Gasteiger partial charge in [0.15, 0.2) is 5.76 Å². The van der Waals surface area contributed by atoms with Crippen molar-refractivity contribution in [3.05, 3.63) is 41.5 Å². The average Bonchev–Trinajstić information content (AvgIpc) is 2.93. The molecule has 0 saturated heterocycles. The molecule has 92 valence electrons. The van der Waals surface area contributed by atoms with Crippen LogP contribution in [0.5, 0.6) is 0 Å². The minimum absolute atomic E-state index is 0.320. The summed E-state index contributed by atoms with van der Waals surface area (Å²) in [6.07, 6.45) is 1.74. The van der Waals surface area contributed by atoms with E-state index in [9.17, 15) is 0 Å². The standard InChI is InChI=1S/C14H15N3O/c1-8-4-3-5-10-13(9(2)17-14(8)10)11-7-16-12(6-15)18-11/h3-5,7,17H,6,15H2,1-2H3. The third-order valence-electron chi connectivity index (χ3n) is 3.20. The van der Waals surface area contributed by atoms with Crippen molar-refractivity contribution in [1.29, 1.82) is 0 Å². The maximum atomic E-state index is 5.65. The fourth-order valence-corrected chi connectivity index (χ4v) is 2.33. The van der Waals surface area contributed by atoms with E-state index >= 15 is 0 Å². The second kappa shape index (κ2) is 3.99. The van der Waals surface area contributed by atoms with E-state index in [1.807, 2.05) is 6.92 Å². The molecule has 0 bridgehead atoms. The second-order valence-electron chi connectivity index (χ2n) is 4.44. The third-order valence-corrected chi connectivity index (χ3v) is 3.20. The molecule has 0 atom stereocenters. The highest BCUT2D eigenvalue weighted by atomic mass is 16.4. The number of aromatic amines is 1. The van der Waals surface area contributed by atoms with E-state index in [1.54, 1.807) is 6.20 Å². The molecular formula is C14H15N3O. The fraction of sp³-hybridized carbons (Fsp3) is 0.214. The predicted molar refractivity (Wildman–Crippen MR) is 71.2 cm³/mol. The number of nitrogens with zero attached hydrogens (tertiary/aromatic N) is 1. The van der Waals surface area contributed by atoms with Gasteiger partial charge in [0, 0.05) is 22.2 Å². The molecule has 0 radical (unpaired) electrons. The zero-order valence-electron chi connectivity index (χ0n) is 10.4. The molecule has 0 amide bonds. The van der Waals surface area contributed by atoms with Gasteiger partial charge in [-0.1, -0.05) is 18.2 Å². The van der Waals surface area contributed by atoms with Gasteiger partial charge in [-0.3, -0.25) is 0 Å². The van der Waals surface area contributed by atoms with Crippen LogP contribution in [0, 0.1) is 13.8 Å². The van der Waals surface area contributed by atoms with Gasteiger partial charge in [-0.15, -0.1) is 0 Å². The summed E-state index contributed by atoms with van der Waals surface area (Å²) < 4.78 is 5.65. The van der Waals surface area contributed by atoms with Gasteiger partial charge in [-0.2, -0.15) is 0 Å². The number of nitrogens with one attached hydrogen (secondary N) is 1. The van der Waals surface area contributed by atoms with Crippen LogP contribution >= 0.6 is 0 Å². The predicted octanol–water partition coefficient (Wildman–Crippen LogP) is 2.90. The summed E-state index contributed by atoms with van der Waals surface area (Å²) in [5.41, 5.74) is 10.1. The summed E-state index contributed by atoms with van der Waals surface area (Å²) in [5, 5.41) is 1.16. The fourth-order valence-electron chi connectivity index (χ4n) is 2.33. The molecule has 0 saturated carbocycles. The number of aromatic nitrogens is 2. The Morgan fingerprint density at radius 3 is 2.89 bits per heavy atom. The molecule has 0 aliphatic heterocycles. The first kappa shape index (κ1) is 11.0. The van der Waals surface area contributed by atoms with Crippen LogP contribution in [0.3, 0.4) is 0 Å². The lowest BCUT2D eigenvalue weighted by atomic mass is 10.1. The van der Waals surface area contributed by atoms with Crippen LogP contribution in [0.2, 0.25) is 0 Å². The summed E-state index contributed by atoms with van der Waals surface area (Å²) in [4.78, 5) is 7.56. The van der Waals surface area contributed by atoms with Crippen molar-refractivity contribution < 1.29 is 4.42 Å². The lowest BCUT2D eigenvalue weighted by Crippen LogP contribution is -1.94. The first-order valence-corrected chi connectivity index (χ1v) is 5.93. The van der Waals surface area contributed by atoms with E-state index in [4.69, 9.17) is 10.2 Å². The van der Waals surface area contributed by atoms with Crippen molar-refractivity contribution in [2.45, 2.75) is 20.4 Å². The SMILES string of the molecule is Cc1[nH]c2c(C)cccc2c1-c1cnc(CN)o1. The Kier molecular flexibility index (Phi) is 2.45. The molecule has 2 heterocycles. The van der Waals surface area contributed by atoms with E-state index in [1.165, 1.54) is 5.56 Å². The zero-order valence-corrected chi connectivity index (χ0v) is 10.4. The second-order valence-corrected chi connectivity index (χ2v) is 4.44. The average molecular weight is 241 g/mol. The monoisotopic (exact) mass is 241 g/mol. The molecule has 0 aliphatic rings. The molecule has 0 fully saturated rings. The van der Waals surface area contributed by atoms with Gasteiger partial charge >= 0.3 is 0 Å². The number of nitrogens with two attached hydrogens (primary N) is 1. The van der Waals surface area contributed by atoms with Gasteiger partial charge in [0.2, 0.25) is 5.89 Å². The normalized spacial score (nSPS) is 11.3. The maximum Gasteiger partial charge on any atom is 0.208 e. The Labute approximate surface area is 105 Å². The number of hydrogen-bond acceptors (Lipinski definition) is 3. The number of rotatable bonds is 2. The number of benzene rings is 1. The number of aryl methyl sites for hydroxylation is 2. The van der Waals surface area contributed by atoms with Gasteiger partial charge in [-0.25, -0.2) is 4.98 Å². The molecule has 4 nitrogen and oxygen atoms in total. The maximum absolute atomic E-state index is 5.65. The van der Waals surface area contributed by atoms with Crippen LogP contribution in [-0.4, -0.2) is 9.97 Å². The Bertz CT molecular complexity index is 709. The highest BCUT2D eigenvalue weighted by molar-refractivity contribution is 5.97. The molecule has 3 N–H and O–H groups in total. The summed E-state index contributed by atoms with van der Waals surface area (Å²) in [7, 11) is 0. The van der Waals surface area contributed by atoms with Crippen molar-refractivity contribution in [1.82, 2.24) is 9.97 Å². The minimum Gasteiger partial charge on any atom is -0.439 e. The number of para-hydroxylation sites is 1. The molecule has 0 unspecified atom stereocenters. The Morgan fingerprint density at radius 1 is 1.33 bits per heavy atom. The summed E-state index contributed by atoms with van der Waals surface area (Å²) in [6, 6.07) is 6.23. The molecule has 3 rings (SSSR count). The first-order chi connectivity index (χ1) is 8.70. The van der Waals surface area contributed by atoms with Crippen molar-refractivity contribution in [2.24, 2.45) is 5.73 Å². The Hall–Kier alpha value is -2.07. The van der Waals surface area contributed by atoms with Crippen LogP contribution in [0.25, 0.3) is 22.2 Å². The summed E-state index contributed by atoms with van der Waals surface area (Å²) >= 11 is 0. The molecule has 0 spiro atoms. The van der Waals surface area contributed by atoms with Crippen LogP contribution in [0.1, 0.15) is 17.1 Å². The van der Waals surface area contributed by atoms with Crippen molar-refractivity contribution in [3.63, 3.8) is 0 Å². The summed E-state index contributed by atoms with van der Waals surface area (Å²) in [6.45, 7) is 4.45. The van der Waals surface area contributed by atoms with Crippen molar-refractivity contribution in [2.75, 3.05) is 0 Å². The van der Waals surface area contributed by atoms with Crippen molar-refractivity contribution >= 4 is 10.9 Å².